The summed E-state index contributed by atoms with van der Waals surface area (Å²) in [5, 5.41) is 13.3. The van der Waals surface area contributed by atoms with E-state index in [0.29, 0.717) is 6.54 Å². The fourth-order valence-electron chi connectivity index (χ4n) is 1.48. The molecule has 0 aliphatic rings. The molecule has 1 rings (SSSR count). The van der Waals surface area contributed by atoms with Crippen molar-refractivity contribution in [3.05, 3.63) is 27.9 Å². The molecule has 1 heterocycles. The van der Waals surface area contributed by atoms with Gasteiger partial charge in [-0.2, -0.15) is 0 Å². The van der Waals surface area contributed by atoms with Gasteiger partial charge in [0.05, 0.1) is 5.56 Å². The van der Waals surface area contributed by atoms with Crippen LogP contribution in [0.25, 0.3) is 0 Å². The summed E-state index contributed by atoms with van der Waals surface area (Å²) < 4.78 is 0. The predicted molar refractivity (Wildman–Crippen MR) is 67.2 cm³/mol. The Labute approximate surface area is 105 Å². The maximum atomic E-state index is 11.8. The van der Waals surface area contributed by atoms with Crippen LogP contribution in [0, 0.1) is 10.1 Å². The third-order valence-electron chi connectivity index (χ3n) is 2.45. The van der Waals surface area contributed by atoms with E-state index in [4.69, 9.17) is 5.73 Å². The third-order valence-corrected chi connectivity index (χ3v) is 2.45. The van der Waals surface area contributed by atoms with Gasteiger partial charge in [0, 0.05) is 6.54 Å². The Morgan fingerprint density at radius 2 is 2.28 bits per heavy atom. The van der Waals surface area contributed by atoms with E-state index in [0.717, 1.165) is 19.3 Å². The Hall–Kier alpha value is -2.18. The molecule has 0 aromatic carbocycles. The van der Waals surface area contributed by atoms with Gasteiger partial charge in [-0.1, -0.05) is 19.8 Å². The van der Waals surface area contributed by atoms with E-state index in [1.807, 2.05) is 0 Å². The number of rotatable bonds is 6. The highest BCUT2D eigenvalue weighted by atomic mass is 16.6. The van der Waals surface area contributed by atoms with Gasteiger partial charge in [-0.3, -0.25) is 4.79 Å². The van der Waals surface area contributed by atoms with Crippen molar-refractivity contribution in [2.75, 3.05) is 12.3 Å². The van der Waals surface area contributed by atoms with Crippen LogP contribution in [0.5, 0.6) is 0 Å². The Bertz CT molecular complexity index is 448. The minimum Gasteiger partial charge on any atom is -0.391 e. The van der Waals surface area contributed by atoms with Crippen molar-refractivity contribution >= 4 is 17.4 Å². The Morgan fingerprint density at radius 1 is 1.56 bits per heavy atom. The first-order valence-corrected chi connectivity index (χ1v) is 5.75. The summed E-state index contributed by atoms with van der Waals surface area (Å²) in [6.07, 6.45) is 4.15. The standard InChI is InChI=1S/C11H16N4O3/c1-2-3-4-6-14-11(16)8-5-7-13-10(9(8)12)15(17)18/h5,7H,2-4,6,12H2,1H3,(H,14,16). The summed E-state index contributed by atoms with van der Waals surface area (Å²) in [6, 6.07) is 1.37. The zero-order valence-electron chi connectivity index (χ0n) is 10.2. The molecule has 0 atom stereocenters. The smallest absolute Gasteiger partial charge is 0.387 e. The molecule has 0 saturated carbocycles. The monoisotopic (exact) mass is 252 g/mol. The molecule has 1 aromatic heterocycles. The fraction of sp³-hybridized carbons (Fsp3) is 0.455. The van der Waals surface area contributed by atoms with E-state index in [9.17, 15) is 14.9 Å². The molecule has 0 bridgehead atoms. The Kier molecular flexibility index (Phi) is 5.04. The molecule has 7 heteroatoms. The summed E-state index contributed by atoms with van der Waals surface area (Å²) in [7, 11) is 0. The van der Waals surface area contributed by atoms with Gasteiger partial charge in [-0.25, -0.2) is 0 Å². The van der Waals surface area contributed by atoms with Crippen LogP contribution >= 0.6 is 0 Å². The highest BCUT2D eigenvalue weighted by molar-refractivity contribution is 6.00. The minimum atomic E-state index is -0.705. The number of nitro groups is 1. The maximum absolute atomic E-state index is 11.8. The van der Waals surface area contributed by atoms with Gasteiger partial charge in [-0.05, 0) is 22.4 Å². The Balaban J connectivity index is 2.74. The van der Waals surface area contributed by atoms with E-state index >= 15 is 0 Å². The van der Waals surface area contributed by atoms with Gasteiger partial charge >= 0.3 is 5.82 Å². The van der Waals surface area contributed by atoms with Crippen molar-refractivity contribution in [3.8, 4) is 0 Å². The van der Waals surface area contributed by atoms with Crippen molar-refractivity contribution in [2.45, 2.75) is 26.2 Å². The molecule has 0 unspecified atom stereocenters. The summed E-state index contributed by atoms with van der Waals surface area (Å²) in [6.45, 7) is 2.59. The molecule has 1 aromatic rings. The van der Waals surface area contributed by atoms with Gasteiger partial charge in [0.1, 0.15) is 11.9 Å². The third kappa shape index (κ3) is 3.41. The van der Waals surface area contributed by atoms with E-state index < -0.39 is 16.6 Å². The van der Waals surface area contributed by atoms with Crippen LogP contribution in [0.1, 0.15) is 36.5 Å². The number of unbranched alkanes of at least 4 members (excludes halogenated alkanes) is 2. The topological polar surface area (TPSA) is 111 Å². The van der Waals surface area contributed by atoms with E-state index in [2.05, 4.69) is 17.2 Å². The normalized spacial score (nSPS) is 10.1. The van der Waals surface area contributed by atoms with Gasteiger partial charge in [0.2, 0.25) is 0 Å². The van der Waals surface area contributed by atoms with Gasteiger partial charge in [-0.15, -0.1) is 0 Å². The average molecular weight is 252 g/mol. The number of pyridine rings is 1. The lowest BCUT2D eigenvalue weighted by molar-refractivity contribution is -0.388. The minimum absolute atomic E-state index is 0.0909. The van der Waals surface area contributed by atoms with Crippen molar-refractivity contribution in [1.29, 1.82) is 0 Å². The van der Waals surface area contributed by atoms with Crippen LogP contribution in [0.3, 0.4) is 0 Å². The second-order valence-electron chi connectivity index (χ2n) is 3.82. The number of amides is 1. The van der Waals surface area contributed by atoms with Crippen LogP contribution in [0.15, 0.2) is 12.3 Å². The number of nitrogens with two attached hydrogens (primary N) is 1. The number of hydrogen-bond donors (Lipinski definition) is 2. The zero-order valence-corrected chi connectivity index (χ0v) is 10.2. The molecule has 0 fully saturated rings. The molecule has 0 saturated heterocycles. The van der Waals surface area contributed by atoms with Crippen molar-refractivity contribution in [1.82, 2.24) is 10.3 Å². The number of nitrogens with zero attached hydrogens (tertiary/aromatic N) is 2. The predicted octanol–water partition coefficient (Wildman–Crippen LogP) is 1.49. The SMILES string of the molecule is CCCCCNC(=O)c1ccnc([N+](=O)[O-])c1N. The lowest BCUT2D eigenvalue weighted by Crippen LogP contribution is -2.25. The molecule has 0 aliphatic heterocycles. The molecular formula is C11H16N4O3. The van der Waals surface area contributed by atoms with E-state index in [1.165, 1.54) is 12.3 Å². The zero-order chi connectivity index (χ0) is 13.5. The first kappa shape index (κ1) is 13.9. The Morgan fingerprint density at radius 3 is 2.89 bits per heavy atom. The molecular weight excluding hydrogens is 236 g/mol. The number of hydrogen-bond acceptors (Lipinski definition) is 5. The largest absolute Gasteiger partial charge is 0.391 e. The average Bonchev–Trinajstić information content (AvgIpc) is 2.34. The molecule has 0 spiro atoms. The van der Waals surface area contributed by atoms with Crippen LogP contribution in [-0.4, -0.2) is 22.4 Å². The number of anilines is 1. The van der Waals surface area contributed by atoms with E-state index in [-0.39, 0.29) is 11.3 Å². The molecule has 1 amide bonds. The maximum Gasteiger partial charge on any atom is 0.387 e. The lowest BCUT2D eigenvalue weighted by atomic mass is 10.2. The van der Waals surface area contributed by atoms with Crippen molar-refractivity contribution < 1.29 is 9.72 Å². The molecule has 3 N–H and O–H groups in total. The van der Waals surface area contributed by atoms with E-state index in [1.54, 1.807) is 0 Å². The number of carbonyl (C=O) groups excluding carboxylic acids is 1. The lowest BCUT2D eigenvalue weighted by Gasteiger charge is -2.06. The number of aromatic nitrogens is 1. The molecule has 7 nitrogen and oxygen atoms in total. The number of nitrogen functional groups attached to an aromatic ring is 1. The fourth-order valence-corrected chi connectivity index (χ4v) is 1.48. The molecule has 18 heavy (non-hydrogen) atoms. The first-order valence-electron chi connectivity index (χ1n) is 5.75. The van der Waals surface area contributed by atoms with Crippen molar-refractivity contribution in [2.24, 2.45) is 0 Å². The summed E-state index contributed by atoms with van der Waals surface area (Å²) >= 11 is 0. The first-order chi connectivity index (χ1) is 8.57. The van der Waals surface area contributed by atoms with Crippen LogP contribution in [0.2, 0.25) is 0 Å². The highest BCUT2D eigenvalue weighted by Crippen LogP contribution is 2.21. The summed E-state index contributed by atoms with van der Waals surface area (Å²) in [4.78, 5) is 25.2. The van der Waals surface area contributed by atoms with Crippen molar-refractivity contribution in [3.63, 3.8) is 0 Å². The second-order valence-corrected chi connectivity index (χ2v) is 3.82. The van der Waals surface area contributed by atoms with Crippen LogP contribution < -0.4 is 11.1 Å². The van der Waals surface area contributed by atoms with Crippen LogP contribution in [0.4, 0.5) is 11.5 Å². The molecule has 98 valence electrons. The molecule has 0 aliphatic carbocycles. The quantitative estimate of drug-likeness (QED) is 0.452. The summed E-state index contributed by atoms with van der Waals surface area (Å²) in [5.74, 6) is -0.898. The summed E-state index contributed by atoms with van der Waals surface area (Å²) in [5.41, 5.74) is 5.44. The second kappa shape index (κ2) is 6.53. The highest BCUT2D eigenvalue weighted by Gasteiger charge is 2.20. The number of nitrogens with one attached hydrogen (secondary N) is 1. The number of carbonyl (C=O) groups is 1. The van der Waals surface area contributed by atoms with Gasteiger partial charge in [0.15, 0.2) is 0 Å². The molecule has 0 radical (unpaired) electrons. The van der Waals surface area contributed by atoms with Gasteiger partial charge < -0.3 is 21.2 Å². The van der Waals surface area contributed by atoms with Gasteiger partial charge in [0.25, 0.3) is 5.91 Å². The van der Waals surface area contributed by atoms with Crippen LogP contribution in [-0.2, 0) is 0 Å².